The Morgan fingerprint density at radius 1 is 0.946 bits per heavy atom. The molecular weight excluding hydrogens is 644 g/mol. The third-order valence-electron chi connectivity index (χ3n) is 5.15. The third-order valence-corrected chi connectivity index (χ3v) is 7.18. The molecule has 0 radical (unpaired) electrons. The molecule has 204 valence electrons. The molecule has 37 heavy (non-hydrogen) atoms. The molecule has 1 atom stereocenters. The van der Waals surface area contributed by atoms with Gasteiger partial charge in [-0.15, -0.1) is 0 Å². The van der Waals surface area contributed by atoms with Crippen LogP contribution >= 0.6 is 22.6 Å². The number of halogens is 8. The van der Waals surface area contributed by atoms with E-state index in [0.717, 1.165) is 13.0 Å². The number of carbonyl (C=O) groups is 2. The van der Waals surface area contributed by atoms with Gasteiger partial charge < -0.3 is 10.6 Å². The first kappa shape index (κ1) is 31.0. The molecule has 2 aromatic carbocycles. The van der Waals surface area contributed by atoms with Crippen molar-refractivity contribution in [1.29, 1.82) is 0 Å². The summed E-state index contributed by atoms with van der Waals surface area (Å²) in [6, 6.07) is 5.75. The highest BCUT2D eigenvalue weighted by Gasteiger charge is 2.73. The predicted octanol–water partition coefficient (Wildman–Crippen LogP) is 6.03. The molecule has 0 heterocycles. The molecule has 0 fully saturated rings. The molecular formula is C23H22F7IN2O3S. The number of benzene rings is 2. The van der Waals surface area contributed by atoms with Crippen molar-refractivity contribution in [2.75, 3.05) is 17.3 Å². The zero-order chi connectivity index (χ0) is 28.6. The molecule has 0 aliphatic carbocycles. The van der Waals surface area contributed by atoms with Crippen LogP contribution in [0, 0.1) is 10.5 Å². The molecule has 0 saturated heterocycles. The Labute approximate surface area is 224 Å². The highest BCUT2D eigenvalue weighted by atomic mass is 127. The number of amides is 2. The van der Waals surface area contributed by atoms with E-state index >= 15 is 0 Å². The topological polar surface area (TPSA) is 75.3 Å². The van der Waals surface area contributed by atoms with E-state index in [4.69, 9.17) is 0 Å². The number of hydrogen-bond acceptors (Lipinski definition) is 3. The zero-order valence-electron chi connectivity index (χ0n) is 19.8. The van der Waals surface area contributed by atoms with Gasteiger partial charge in [0.05, 0.1) is 11.1 Å². The molecule has 1 unspecified atom stereocenters. The maximum atomic E-state index is 14.4. The predicted molar refractivity (Wildman–Crippen MR) is 134 cm³/mol. The number of rotatable bonds is 7. The summed E-state index contributed by atoms with van der Waals surface area (Å²) in [6.45, 7) is 4.37. The monoisotopic (exact) mass is 666 g/mol. The Morgan fingerprint density at radius 3 is 2.00 bits per heavy atom. The zero-order valence-corrected chi connectivity index (χ0v) is 22.8. The van der Waals surface area contributed by atoms with Crippen LogP contribution < -0.4 is 10.6 Å². The van der Waals surface area contributed by atoms with Gasteiger partial charge in [-0.1, -0.05) is 18.2 Å². The van der Waals surface area contributed by atoms with Gasteiger partial charge in [-0.2, -0.15) is 26.3 Å². The summed E-state index contributed by atoms with van der Waals surface area (Å²) >= 11 is 1.79. The number of alkyl halides is 7. The van der Waals surface area contributed by atoms with Gasteiger partial charge >= 0.3 is 18.0 Å². The molecule has 5 nitrogen and oxygen atoms in total. The number of anilines is 1. The first-order valence-corrected chi connectivity index (χ1v) is 13.2. The fourth-order valence-corrected chi connectivity index (χ4v) is 5.39. The summed E-state index contributed by atoms with van der Waals surface area (Å²) in [7, 11) is -1.24. The van der Waals surface area contributed by atoms with Crippen LogP contribution in [0.15, 0.2) is 36.4 Å². The summed E-state index contributed by atoms with van der Waals surface area (Å²) in [5.74, 6) is -1.41. The van der Waals surface area contributed by atoms with Gasteiger partial charge in [0.1, 0.15) is 0 Å². The maximum absolute atomic E-state index is 14.4. The van der Waals surface area contributed by atoms with Crippen LogP contribution in [-0.4, -0.2) is 45.9 Å². The Balaban J connectivity index is 2.43. The van der Waals surface area contributed by atoms with Gasteiger partial charge in [-0.3, -0.25) is 13.8 Å². The minimum Gasteiger partial charge on any atom is -0.346 e. The Morgan fingerprint density at radius 2 is 1.51 bits per heavy atom. The van der Waals surface area contributed by atoms with Crippen LogP contribution in [-0.2, 0) is 16.5 Å². The van der Waals surface area contributed by atoms with Crippen molar-refractivity contribution in [3.63, 3.8) is 0 Å². The molecule has 0 bridgehead atoms. The quantitative estimate of drug-likeness (QED) is 0.280. The van der Waals surface area contributed by atoms with E-state index in [-0.39, 0.29) is 28.1 Å². The van der Waals surface area contributed by atoms with E-state index in [1.54, 1.807) is 36.4 Å². The van der Waals surface area contributed by atoms with Crippen molar-refractivity contribution in [3.8, 4) is 0 Å². The molecule has 2 amide bonds. The van der Waals surface area contributed by atoms with Crippen LogP contribution in [0.1, 0.15) is 45.7 Å². The van der Waals surface area contributed by atoms with E-state index < -0.39 is 51.7 Å². The van der Waals surface area contributed by atoms with Crippen LogP contribution in [0.4, 0.5) is 36.4 Å². The van der Waals surface area contributed by atoms with E-state index in [2.05, 4.69) is 10.6 Å². The van der Waals surface area contributed by atoms with E-state index in [1.807, 2.05) is 0 Å². The molecule has 2 N–H and O–H groups in total. The smallest absolute Gasteiger partial charge is 0.346 e. The van der Waals surface area contributed by atoms with Crippen molar-refractivity contribution in [3.05, 3.63) is 62.2 Å². The maximum Gasteiger partial charge on any atom is 0.435 e. The average molecular weight is 666 g/mol. The Hall–Kier alpha value is -2.23. The van der Waals surface area contributed by atoms with Crippen molar-refractivity contribution < 1.29 is 44.5 Å². The normalized spacial score (nSPS) is 13.7. The van der Waals surface area contributed by atoms with Crippen LogP contribution in [0.3, 0.4) is 0 Å². The highest BCUT2D eigenvalue weighted by molar-refractivity contribution is 14.1. The minimum atomic E-state index is -6.27. The van der Waals surface area contributed by atoms with Crippen molar-refractivity contribution in [2.45, 2.75) is 44.3 Å². The molecule has 0 spiro atoms. The Bertz CT molecular complexity index is 1220. The van der Waals surface area contributed by atoms with Crippen LogP contribution in [0.2, 0.25) is 0 Å². The summed E-state index contributed by atoms with van der Waals surface area (Å²) < 4.78 is 105. The fourth-order valence-electron chi connectivity index (χ4n) is 3.55. The molecule has 2 aromatic rings. The number of aryl methyl sites for hydroxylation is 1. The van der Waals surface area contributed by atoms with Gasteiger partial charge in [0.2, 0.25) is 0 Å². The highest BCUT2D eigenvalue weighted by Crippen LogP contribution is 2.53. The lowest BCUT2D eigenvalue weighted by molar-refractivity contribution is -0.348. The lowest BCUT2D eigenvalue weighted by Gasteiger charge is -2.30. The number of hydrogen-bond donors (Lipinski definition) is 2. The SMILES string of the molecule is Cc1cc(C(F)(C(F)(F)F)C(F)(F)F)ccc1NC(=O)c1c(I)cccc1C(=O)NC(C)(C)CS(C)=O. The second-order valence-electron chi connectivity index (χ2n) is 8.86. The molecule has 0 aromatic heterocycles. The molecule has 0 saturated carbocycles. The van der Waals surface area contributed by atoms with Crippen molar-refractivity contribution in [2.24, 2.45) is 0 Å². The first-order valence-electron chi connectivity index (χ1n) is 10.4. The lowest BCUT2D eigenvalue weighted by atomic mass is 9.92. The fraction of sp³-hybridized carbons (Fsp3) is 0.391. The second kappa shape index (κ2) is 10.9. The van der Waals surface area contributed by atoms with Crippen molar-refractivity contribution >= 4 is 50.9 Å². The van der Waals surface area contributed by atoms with Gasteiger partial charge in [-0.25, -0.2) is 4.39 Å². The van der Waals surface area contributed by atoms with Gasteiger partial charge in [0, 0.05) is 43.2 Å². The number of carbonyl (C=O) groups excluding carboxylic acids is 2. The summed E-state index contributed by atoms with van der Waals surface area (Å²) in [5.41, 5.74) is -8.82. The molecule has 0 aliphatic heterocycles. The third kappa shape index (κ3) is 6.81. The number of nitrogens with one attached hydrogen (secondary N) is 2. The standard InChI is InChI=1S/C23H22F7IN2O3S/c1-12-10-13(21(24,22(25,26)27)23(28,29)30)8-9-16(12)32-19(35)17-14(6-5-7-15(17)31)18(34)33-20(2,3)11-37(4)36/h5-10H,11H2,1-4H3,(H,32,35)(H,33,34). The second-order valence-corrected chi connectivity index (χ2v) is 11.5. The summed E-state index contributed by atoms with van der Waals surface area (Å²) in [4.78, 5) is 26.0. The molecule has 2 rings (SSSR count). The summed E-state index contributed by atoms with van der Waals surface area (Å²) in [5, 5.41) is 5.04. The van der Waals surface area contributed by atoms with Crippen molar-refractivity contribution in [1.82, 2.24) is 5.32 Å². The average Bonchev–Trinajstić information content (AvgIpc) is 2.71. The van der Waals surface area contributed by atoms with E-state index in [9.17, 15) is 44.5 Å². The Kier molecular flexibility index (Phi) is 9.10. The summed E-state index contributed by atoms with van der Waals surface area (Å²) in [6.07, 6.45) is -11.1. The van der Waals surface area contributed by atoms with Crippen LogP contribution in [0.25, 0.3) is 0 Å². The van der Waals surface area contributed by atoms with E-state index in [1.165, 1.54) is 24.5 Å². The minimum absolute atomic E-state index is 0.0643. The largest absolute Gasteiger partial charge is 0.435 e. The van der Waals surface area contributed by atoms with E-state index in [0.29, 0.717) is 15.7 Å². The first-order chi connectivity index (χ1) is 16.7. The van der Waals surface area contributed by atoms with Gasteiger partial charge in [0.15, 0.2) is 0 Å². The lowest BCUT2D eigenvalue weighted by Crippen LogP contribution is -2.50. The van der Waals surface area contributed by atoms with Gasteiger partial charge in [0.25, 0.3) is 11.8 Å². The molecule has 14 heteroatoms. The van der Waals surface area contributed by atoms with Gasteiger partial charge in [-0.05, 0) is 67.1 Å². The molecule has 0 aliphatic rings. The van der Waals surface area contributed by atoms with Crippen LogP contribution in [0.5, 0.6) is 0 Å².